The lowest BCUT2D eigenvalue weighted by Gasteiger charge is -2.16. The van der Waals surface area contributed by atoms with E-state index >= 15 is 0 Å². The maximum atomic E-state index is 13.3. The summed E-state index contributed by atoms with van der Waals surface area (Å²) in [4.78, 5) is 0. The van der Waals surface area contributed by atoms with Crippen molar-refractivity contribution in [3.8, 4) is 0 Å². The van der Waals surface area contributed by atoms with Crippen molar-refractivity contribution in [1.29, 1.82) is 0 Å². The molecule has 0 aliphatic rings. The zero-order valence-corrected chi connectivity index (χ0v) is 10.1. The number of hydrogen-bond acceptors (Lipinski definition) is 2. The summed E-state index contributed by atoms with van der Waals surface area (Å²) in [5, 5.41) is 3.23. The van der Waals surface area contributed by atoms with Gasteiger partial charge in [0.25, 0.3) is 0 Å². The normalized spacial score (nSPS) is 12.7. The Kier molecular flexibility index (Phi) is 6.38. The van der Waals surface area contributed by atoms with Crippen molar-refractivity contribution in [3.05, 3.63) is 35.6 Å². The molecule has 0 heterocycles. The van der Waals surface area contributed by atoms with Crippen LogP contribution in [0, 0.1) is 5.82 Å². The van der Waals surface area contributed by atoms with E-state index in [9.17, 15) is 4.39 Å². The molecule has 16 heavy (non-hydrogen) atoms. The summed E-state index contributed by atoms with van der Waals surface area (Å²) in [6, 6.07) is 6.91. The van der Waals surface area contributed by atoms with E-state index in [2.05, 4.69) is 5.32 Å². The van der Waals surface area contributed by atoms with Crippen LogP contribution in [0.5, 0.6) is 0 Å². The first kappa shape index (κ1) is 13.4. The summed E-state index contributed by atoms with van der Waals surface area (Å²) < 4.78 is 18.4. The molecule has 2 nitrogen and oxygen atoms in total. The number of halogens is 2. The van der Waals surface area contributed by atoms with Crippen molar-refractivity contribution < 1.29 is 9.13 Å². The molecule has 0 amide bonds. The van der Waals surface area contributed by atoms with E-state index in [1.54, 1.807) is 19.2 Å². The summed E-state index contributed by atoms with van der Waals surface area (Å²) in [5.74, 6) is 0.384. The molecule has 0 fully saturated rings. The molecule has 0 radical (unpaired) electrons. The van der Waals surface area contributed by atoms with Gasteiger partial charge < -0.3 is 10.1 Å². The van der Waals surface area contributed by atoms with Crippen LogP contribution in [0.3, 0.4) is 0 Å². The summed E-state index contributed by atoms with van der Waals surface area (Å²) >= 11 is 5.68. The van der Waals surface area contributed by atoms with Crippen molar-refractivity contribution in [2.75, 3.05) is 19.6 Å². The smallest absolute Gasteiger partial charge is 0.127 e. The molecule has 0 saturated carbocycles. The molecule has 0 aliphatic carbocycles. The lowest BCUT2D eigenvalue weighted by atomic mass is 10.2. The maximum Gasteiger partial charge on any atom is 0.127 e. The largest absolute Gasteiger partial charge is 0.383 e. The first-order chi connectivity index (χ1) is 7.77. The Hall–Kier alpha value is -0.640. The van der Waals surface area contributed by atoms with Gasteiger partial charge in [-0.05, 0) is 12.5 Å². The van der Waals surface area contributed by atoms with E-state index in [1.807, 2.05) is 6.07 Å². The fourth-order valence-corrected chi connectivity index (χ4v) is 1.74. The van der Waals surface area contributed by atoms with Crippen LogP contribution in [0.25, 0.3) is 0 Å². The van der Waals surface area contributed by atoms with Gasteiger partial charge >= 0.3 is 0 Å². The quantitative estimate of drug-likeness (QED) is 0.746. The van der Waals surface area contributed by atoms with E-state index in [0.717, 1.165) is 6.42 Å². The van der Waals surface area contributed by atoms with Crippen molar-refractivity contribution in [2.45, 2.75) is 19.0 Å². The summed E-state index contributed by atoms with van der Waals surface area (Å²) in [6.45, 7) is 1.08. The van der Waals surface area contributed by atoms with Gasteiger partial charge in [-0.2, -0.15) is 0 Å². The monoisotopic (exact) mass is 245 g/mol. The van der Waals surface area contributed by atoms with E-state index in [-0.39, 0.29) is 11.9 Å². The minimum absolute atomic E-state index is 0.169. The second-order valence-corrected chi connectivity index (χ2v) is 3.98. The molecule has 0 aromatic heterocycles. The van der Waals surface area contributed by atoms with Gasteiger partial charge in [0.2, 0.25) is 0 Å². The topological polar surface area (TPSA) is 21.3 Å². The fraction of sp³-hybridized carbons (Fsp3) is 0.500. The number of nitrogens with one attached hydrogen (secondary N) is 1. The molecule has 90 valence electrons. The molecule has 1 aromatic rings. The summed E-state index contributed by atoms with van der Waals surface area (Å²) in [5.41, 5.74) is 0.665. The molecular formula is C12H17ClFNO. The Bertz CT molecular complexity index is 303. The van der Waals surface area contributed by atoms with Gasteiger partial charge in [-0.1, -0.05) is 18.2 Å². The third-order valence-corrected chi connectivity index (χ3v) is 2.58. The van der Waals surface area contributed by atoms with Gasteiger partial charge in [0.15, 0.2) is 0 Å². The number of alkyl halides is 1. The fourth-order valence-electron chi connectivity index (χ4n) is 1.47. The van der Waals surface area contributed by atoms with Gasteiger partial charge in [-0.25, -0.2) is 4.39 Å². The molecule has 4 heteroatoms. The Labute approximate surface area is 101 Å². The Balaban J connectivity index is 2.45. The molecule has 1 atom stereocenters. The third kappa shape index (κ3) is 4.47. The maximum absolute atomic E-state index is 13.3. The number of hydrogen-bond donors (Lipinski definition) is 1. The summed E-state index contributed by atoms with van der Waals surface area (Å²) in [6.07, 6.45) is 0.809. The number of rotatable bonds is 7. The molecule has 0 aliphatic heterocycles. The third-order valence-electron chi connectivity index (χ3n) is 2.36. The standard InChI is InChI=1S/C12H17ClFNO/c1-16-9-11(6-7-13)15-8-10-4-2-3-5-12(10)14/h2-5,11,15H,6-9H2,1H3. The van der Waals surface area contributed by atoms with Gasteiger partial charge in [0, 0.05) is 31.1 Å². The van der Waals surface area contributed by atoms with E-state index in [4.69, 9.17) is 16.3 Å². The first-order valence-corrected chi connectivity index (χ1v) is 5.83. The van der Waals surface area contributed by atoms with Crippen LogP contribution >= 0.6 is 11.6 Å². The average Bonchev–Trinajstić information content (AvgIpc) is 2.28. The highest BCUT2D eigenvalue weighted by molar-refractivity contribution is 6.17. The van der Waals surface area contributed by atoms with Gasteiger partial charge in [-0.3, -0.25) is 0 Å². The molecule has 1 N–H and O–H groups in total. The lowest BCUT2D eigenvalue weighted by molar-refractivity contribution is 0.164. The Morgan fingerprint density at radius 1 is 1.44 bits per heavy atom. The van der Waals surface area contributed by atoms with Crippen LogP contribution in [0.1, 0.15) is 12.0 Å². The molecule has 1 rings (SSSR count). The highest BCUT2D eigenvalue weighted by Gasteiger charge is 2.08. The first-order valence-electron chi connectivity index (χ1n) is 5.29. The minimum atomic E-state index is -0.183. The highest BCUT2D eigenvalue weighted by Crippen LogP contribution is 2.06. The molecule has 0 spiro atoms. The van der Waals surface area contributed by atoms with Crippen molar-refractivity contribution in [2.24, 2.45) is 0 Å². The van der Waals surface area contributed by atoms with Gasteiger partial charge in [0.1, 0.15) is 5.82 Å². The van der Waals surface area contributed by atoms with Crippen LogP contribution in [-0.4, -0.2) is 25.6 Å². The van der Waals surface area contributed by atoms with Crippen molar-refractivity contribution in [3.63, 3.8) is 0 Å². The Morgan fingerprint density at radius 3 is 2.81 bits per heavy atom. The zero-order chi connectivity index (χ0) is 11.8. The van der Waals surface area contributed by atoms with E-state index in [1.165, 1.54) is 6.07 Å². The molecule has 1 unspecified atom stereocenters. The van der Waals surface area contributed by atoms with Crippen LogP contribution in [0.15, 0.2) is 24.3 Å². The van der Waals surface area contributed by atoms with Crippen LogP contribution in [0.2, 0.25) is 0 Å². The summed E-state index contributed by atoms with van der Waals surface area (Å²) in [7, 11) is 1.64. The second-order valence-electron chi connectivity index (χ2n) is 3.60. The van der Waals surface area contributed by atoms with Gasteiger partial charge in [0.05, 0.1) is 6.61 Å². The molecule has 0 bridgehead atoms. The van der Waals surface area contributed by atoms with Crippen LogP contribution in [-0.2, 0) is 11.3 Å². The lowest BCUT2D eigenvalue weighted by Crippen LogP contribution is -2.33. The second kappa shape index (κ2) is 7.60. The van der Waals surface area contributed by atoms with Gasteiger partial charge in [-0.15, -0.1) is 11.6 Å². The van der Waals surface area contributed by atoms with Crippen LogP contribution < -0.4 is 5.32 Å². The molecule has 0 saturated heterocycles. The molecule has 1 aromatic carbocycles. The predicted octanol–water partition coefficient (Wildman–Crippen LogP) is 2.56. The predicted molar refractivity (Wildman–Crippen MR) is 64.2 cm³/mol. The van der Waals surface area contributed by atoms with Crippen molar-refractivity contribution >= 4 is 11.6 Å². The number of benzene rings is 1. The van der Waals surface area contributed by atoms with Crippen LogP contribution in [0.4, 0.5) is 4.39 Å². The highest BCUT2D eigenvalue weighted by atomic mass is 35.5. The number of methoxy groups -OCH3 is 1. The zero-order valence-electron chi connectivity index (χ0n) is 9.38. The number of ether oxygens (including phenoxy) is 1. The van der Waals surface area contributed by atoms with E-state index in [0.29, 0.717) is 24.6 Å². The minimum Gasteiger partial charge on any atom is -0.383 e. The molecular weight excluding hydrogens is 229 g/mol. The van der Waals surface area contributed by atoms with Crippen molar-refractivity contribution in [1.82, 2.24) is 5.32 Å². The van der Waals surface area contributed by atoms with E-state index < -0.39 is 0 Å². The SMILES string of the molecule is COCC(CCCl)NCc1ccccc1F. The Morgan fingerprint density at radius 2 is 2.19 bits per heavy atom. The average molecular weight is 246 g/mol.